The lowest BCUT2D eigenvalue weighted by molar-refractivity contribution is -0.136. The number of rotatable bonds is 5. The summed E-state index contributed by atoms with van der Waals surface area (Å²) in [7, 11) is -1.76. The highest BCUT2D eigenvalue weighted by Crippen LogP contribution is 2.26. The SMILES string of the molecule is Cc1ccc(CN(C)C(=O)C2CCN(S(=O)(=O)c3ccc(C)c(C)c3)CC2)o1. The summed E-state index contributed by atoms with van der Waals surface area (Å²) in [6, 6.07) is 8.97. The normalized spacial score (nSPS) is 16.3. The van der Waals surface area contributed by atoms with E-state index >= 15 is 0 Å². The van der Waals surface area contributed by atoms with Gasteiger partial charge in [0.15, 0.2) is 0 Å². The zero-order valence-electron chi connectivity index (χ0n) is 16.9. The number of carbonyl (C=O) groups is 1. The fourth-order valence-corrected chi connectivity index (χ4v) is 5.12. The van der Waals surface area contributed by atoms with Crippen LogP contribution in [-0.4, -0.2) is 43.7 Å². The van der Waals surface area contributed by atoms with E-state index < -0.39 is 10.0 Å². The van der Waals surface area contributed by atoms with Gasteiger partial charge in [-0.3, -0.25) is 4.79 Å². The average molecular weight is 405 g/mol. The van der Waals surface area contributed by atoms with E-state index in [1.807, 2.05) is 39.0 Å². The van der Waals surface area contributed by atoms with Gasteiger partial charge in [-0.15, -0.1) is 0 Å². The van der Waals surface area contributed by atoms with Crippen LogP contribution in [-0.2, 0) is 21.4 Å². The van der Waals surface area contributed by atoms with Crippen molar-refractivity contribution in [3.05, 3.63) is 53.0 Å². The van der Waals surface area contributed by atoms with Gasteiger partial charge >= 0.3 is 0 Å². The minimum atomic E-state index is -3.52. The Balaban J connectivity index is 1.61. The van der Waals surface area contributed by atoms with Gasteiger partial charge in [-0.1, -0.05) is 6.07 Å². The Morgan fingerprint density at radius 2 is 1.79 bits per heavy atom. The number of nitrogens with zero attached hydrogens (tertiary/aromatic N) is 2. The van der Waals surface area contributed by atoms with Crippen LogP contribution in [0.4, 0.5) is 0 Å². The van der Waals surface area contributed by atoms with Crippen LogP contribution in [0, 0.1) is 26.7 Å². The number of benzene rings is 1. The second-order valence-electron chi connectivity index (χ2n) is 7.63. The molecule has 0 atom stereocenters. The molecule has 1 aromatic carbocycles. The van der Waals surface area contributed by atoms with E-state index in [0.717, 1.165) is 22.6 Å². The third kappa shape index (κ3) is 4.31. The third-order valence-electron chi connectivity index (χ3n) is 5.48. The maximum atomic E-state index is 12.9. The molecular weight excluding hydrogens is 376 g/mol. The predicted octanol–water partition coefficient (Wildman–Crippen LogP) is 3.26. The molecule has 1 amide bonds. The maximum Gasteiger partial charge on any atom is 0.243 e. The molecule has 2 aromatic rings. The first-order chi connectivity index (χ1) is 13.2. The molecule has 1 fully saturated rings. The number of furan rings is 1. The van der Waals surface area contributed by atoms with E-state index in [0.29, 0.717) is 37.4 Å². The van der Waals surface area contributed by atoms with Gasteiger partial charge in [0.25, 0.3) is 0 Å². The van der Waals surface area contributed by atoms with Crippen molar-refractivity contribution in [3.8, 4) is 0 Å². The van der Waals surface area contributed by atoms with Gasteiger partial charge in [-0.05, 0) is 69.0 Å². The number of aryl methyl sites for hydroxylation is 3. The van der Waals surface area contributed by atoms with Crippen LogP contribution in [0.3, 0.4) is 0 Å². The van der Waals surface area contributed by atoms with Crippen molar-refractivity contribution < 1.29 is 17.6 Å². The summed E-state index contributed by atoms with van der Waals surface area (Å²) >= 11 is 0. The Morgan fingerprint density at radius 1 is 1.11 bits per heavy atom. The van der Waals surface area contributed by atoms with E-state index in [1.165, 1.54) is 4.31 Å². The molecule has 0 bridgehead atoms. The van der Waals surface area contributed by atoms with Crippen LogP contribution in [0.2, 0.25) is 0 Å². The lowest BCUT2D eigenvalue weighted by atomic mass is 9.96. The van der Waals surface area contributed by atoms with Crippen molar-refractivity contribution in [2.75, 3.05) is 20.1 Å². The van der Waals surface area contributed by atoms with Crippen molar-refractivity contribution in [3.63, 3.8) is 0 Å². The van der Waals surface area contributed by atoms with Gasteiger partial charge in [-0.25, -0.2) is 8.42 Å². The summed E-state index contributed by atoms with van der Waals surface area (Å²) in [6.07, 6.45) is 1.06. The van der Waals surface area contributed by atoms with Gasteiger partial charge < -0.3 is 9.32 Å². The molecule has 6 nitrogen and oxygen atoms in total. The van der Waals surface area contributed by atoms with Crippen molar-refractivity contribution in [2.24, 2.45) is 5.92 Å². The summed E-state index contributed by atoms with van der Waals surface area (Å²) in [6.45, 7) is 6.89. The standard InChI is InChI=1S/C21H28N2O4S/c1-15-5-8-20(13-16(15)2)28(25,26)23-11-9-18(10-12-23)21(24)22(4)14-19-7-6-17(3)27-19/h5-8,13,18H,9-12,14H2,1-4H3. The molecule has 0 N–H and O–H groups in total. The average Bonchev–Trinajstić information content (AvgIpc) is 3.08. The molecule has 1 aromatic heterocycles. The predicted molar refractivity (Wildman–Crippen MR) is 107 cm³/mol. The minimum absolute atomic E-state index is 0.0391. The number of amides is 1. The summed E-state index contributed by atoms with van der Waals surface area (Å²) < 4.78 is 32.9. The molecule has 1 saturated heterocycles. The smallest absolute Gasteiger partial charge is 0.243 e. The number of hydrogen-bond acceptors (Lipinski definition) is 4. The first-order valence-corrected chi connectivity index (χ1v) is 11.0. The molecule has 0 saturated carbocycles. The second kappa shape index (κ2) is 8.09. The molecule has 1 aliphatic heterocycles. The monoisotopic (exact) mass is 404 g/mol. The lowest BCUT2D eigenvalue weighted by Gasteiger charge is -2.32. The summed E-state index contributed by atoms with van der Waals surface area (Å²) in [5.41, 5.74) is 2.03. The zero-order chi connectivity index (χ0) is 20.5. The molecule has 152 valence electrons. The number of carbonyl (C=O) groups excluding carboxylic acids is 1. The number of piperidine rings is 1. The van der Waals surface area contributed by atoms with Gasteiger partial charge in [0.2, 0.25) is 15.9 Å². The summed E-state index contributed by atoms with van der Waals surface area (Å²) in [5.74, 6) is 1.45. The number of sulfonamides is 1. The Labute approximate surface area is 167 Å². The van der Waals surface area contributed by atoms with E-state index in [9.17, 15) is 13.2 Å². The molecule has 7 heteroatoms. The third-order valence-corrected chi connectivity index (χ3v) is 7.38. The van der Waals surface area contributed by atoms with Crippen LogP contribution in [0.5, 0.6) is 0 Å². The van der Waals surface area contributed by atoms with Crippen LogP contribution >= 0.6 is 0 Å². The van der Waals surface area contributed by atoms with Crippen molar-refractivity contribution in [2.45, 2.75) is 45.1 Å². The molecule has 28 heavy (non-hydrogen) atoms. The van der Waals surface area contributed by atoms with Gasteiger partial charge in [0.05, 0.1) is 11.4 Å². The van der Waals surface area contributed by atoms with Crippen molar-refractivity contribution in [1.82, 2.24) is 9.21 Å². The fraction of sp³-hybridized carbons (Fsp3) is 0.476. The quantitative estimate of drug-likeness (QED) is 0.767. The molecule has 0 unspecified atom stereocenters. The summed E-state index contributed by atoms with van der Waals surface area (Å²) in [4.78, 5) is 14.7. The first-order valence-electron chi connectivity index (χ1n) is 9.56. The molecular formula is C21H28N2O4S. The largest absolute Gasteiger partial charge is 0.464 e. The van der Waals surface area contributed by atoms with Crippen LogP contribution in [0.25, 0.3) is 0 Å². The second-order valence-corrected chi connectivity index (χ2v) is 9.57. The molecule has 0 radical (unpaired) electrons. The van der Waals surface area contributed by atoms with Crippen molar-refractivity contribution in [1.29, 1.82) is 0 Å². The van der Waals surface area contributed by atoms with Crippen molar-refractivity contribution >= 4 is 15.9 Å². The molecule has 3 rings (SSSR count). The molecule has 2 heterocycles. The number of hydrogen-bond donors (Lipinski definition) is 0. The molecule has 0 aliphatic carbocycles. The van der Waals surface area contributed by atoms with Crippen LogP contribution in [0.1, 0.15) is 35.5 Å². The van der Waals surface area contributed by atoms with Gasteiger partial charge in [0, 0.05) is 26.1 Å². The first kappa shape index (κ1) is 20.6. The maximum absolute atomic E-state index is 12.9. The topological polar surface area (TPSA) is 70.8 Å². The van der Waals surface area contributed by atoms with Gasteiger partial charge in [-0.2, -0.15) is 4.31 Å². The van der Waals surface area contributed by atoms with Crippen LogP contribution < -0.4 is 0 Å². The van der Waals surface area contributed by atoms with E-state index in [1.54, 1.807) is 24.1 Å². The Morgan fingerprint density at radius 3 is 2.36 bits per heavy atom. The minimum Gasteiger partial charge on any atom is -0.464 e. The molecule has 1 aliphatic rings. The van der Waals surface area contributed by atoms with E-state index in [-0.39, 0.29) is 11.8 Å². The fourth-order valence-electron chi connectivity index (χ4n) is 3.56. The molecule has 0 spiro atoms. The zero-order valence-corrected chi connectivity index (χ0v) is 17.8. The Bertz CT molecular complexity index is 957. The highest BCUT2D eigenvalue weighted by Gasteiger charge is 2.33. The Hall–Kier alpha value is -2.12. The summed E-state index contributed by atoms with van der Waals surface area (Å²) in [5, 5.41) is 0. The lowest BCUT2D eigenvalue weighted by Crippen LogP contribution is -2.43. The van der Waals surface area contributed by atoms with Crippen LogP contribution in [0.15, 0.2) is 39.6 Å². The van der Waals surface area contributed by atoms with Gasteiger partial charge in [0.1, 0.15) is 11.5 Å². The van der Waals surface area contributed by atoms with E-state index in [4.69, 9.17) is 4.42 Å². The Kier molecular flexibility index (Phi) is 5.95. The highest BCUT2D eigenvalue weighted by molar-refractivity contribution is 7.89. The van der Waals surface area contributed by atoms with E-state index in [2.05, 4.69) is 0 Å². The highest BCUT2D eigenvalue weighted by atomic mass is 32.2.